The average Bonchev–Trinajstić information content (AvgIpc) is 1.88. The molecule has 0 radical (unpaired) electrons. The molecule has 0 atom stereocenters. The van der Waals surface area contributed by atoms with E-state index in [9.17, 15) is 0 Å². The highest BCUT2D eigenvalue weighted by atomic mass is 14.5. The fraction of sp³-hybridized carbons (Fsp3) is 0.333. The summed E-state index contributed by atoms with van der Waals surface area (Å²) in [7, 11) is 0. The third-order valence-corrected chi connectivity index (χ3v) is 0.333. The summed E-state index contributed by atoms with van der Waals surface area (Å²) in [6.07, 6.45) is 6.15. The van der Waals surface area contributed by atoms with Gasteiger partial charge >= 0.3 is 0 Å². The van der Waals surface area contributed by atoms with Crippen molar-refractivity contribution in [3.05, 3.63) is 24.6 Å². The van der Waals surface area contributed by atoms with Crippen LogP contribution < -0.4 is 11.5 Å². The summed E-state index contributed by atoms with van der Waals surface area (Å²) < 4.78 is 0. The Balaban J connectivity index is 0. The first-order valence-electron chi connectivity index (χ1n) is 2.67. The van der Waals surface area contributed by atoms with E-state index in [1.165, 1.54) is 12.4 Å². The first-order chi connectivity index (χ1) is 3.91. The molecule has 0 fully saturated rings. The van der Waals surface area contributed by atoms with E-state index in [2.05, 4.69) is 0 Å². The predicted octanol–water partition coefficient (Wildman–Crippen LogP) is 0.957. The summed E-state index contributed by atoms with van der Waals surface area (Å²) >= 11 is 0. The molecule has 0 aromatic heterocycles. The van der Waals surface area contributed by atoms with E-state index in [0.717, 1.165) is 0 Å². The molecule has 0 aliphatic carbocycles. The van der Waals surface area contributed by atoms with Crippen molar-refractivity contribution >= 4 is 0 Å². The molecule has 0 aliphatic rings. The fourth-order valence-electron chi connectivity index (χ4n) is 0.128. The standard InChI is InChI=1S/C4H8N2.C2H6/c5-3-1-2-4-6;1-2/h1-4H,5-6H2;1-2H3/b3-1-,4-2-;. The molecule has 0 unspecified atom stereocenters. The second-order valence-electron chi connectivity index (χ2n) is 0.770. The number of hydrogen-bond acceptors (Lipinski definition) is 2. The maximum absolute atomic E-state index is 4.93. The smallest absolute Gasteiger partial charge is 0.00618 e. The van der Waals surface area contributed by atoms with Gasteiger partial charge in [-0.05, 0) is 24.6 Å². The van der Waals surface area contributed by atoms with E-state index >= 15 is 0 Å². The lowest BCUT2D eigenvalue weighted by Crippen LogP contribution is -1.75. The maximum atomic E-state index is 4.93. The number of hydrogen-bond donors (Lipinski definition) is 2. The van der Waals surface area contributed by atoms with Crippen molar-refractivity contribution in [1.82, 2.24) is 0 Å². The molecule has 0 amide bonds. The largest absolute Gasteiger partial charge is 0.405 e. The van der Waals surface area contributed by atoms with Gasteiger partial charge < -0.3 is 11.5 Å². The van der Waals surface area contributed by atoms with Crippen LogP contribution in [-0.4, -0.2) is 0 Å². The zero-order chi connectivity index (χ0) is 6.83. The van der Waals surface area contributed by atoms with Crippen molar-refractivity contribution in [2.45, 2.75) is 13.8 Å². The summed E-state index contributed by atoms with van der Waals surface area (Å²) in [6, 6.07) is 0. The normalized spacial score (nSPS) is 9.25. The second kappa shape index (κ2) is 16.5. The van der Waals surface area contributed by atoms with Crippen LogP contribution in [0.2, 0.25) is 0 Å². The average molecular weight is 114 g/mol. The highest BCUT2D eigenvalue weighted by molar-refractivity contribution is 4.97. The Morgan fingerprint density at radius 2 is 1.12 bits per heavy atom. The van der Waals surface area contributed by atoms with Crippen LogP contribution in [0.25, 0.3) is 0 Å². The van der Waals surface area contributed by atoms with Crippen molar-refractivity contribution in [2.75, 3.05) is 0 Å². The van der Waals surface area contributed by atoms with E-state index in [0.29, 0.717) is 0 Å². The van der Waals surface area contributed by atoms with Gasteiger partial charge in [-0.2, -0.15) is 0 Å². The van der Waals surface area contributed by atoms with Crippen molar-refractivity contribution in [2.24, 2.45) is 11.5 Å². The Bertz CT molecular complexity index is 54.9. The van der Waals surface area contributed by atoms with E-state index in [1.54, 1.807) is 12.2 Å². The molecular formula is C6H14N2. The summed E-state index contributed by atoms with van der Waals surface area (Å²) in [5.41, 5.74) is 9.85. The molecule has 4 N–H and O–H groups in total. The van der Waals surface area contributed by atoms with Gasteiger partial charge in [-0.15, -0.1) is 0 Å². The molecule has 2 nitrogen and oxygen atoms in total. The maximum Gasteiger partial charge on any atom is -0.00618 e. The van der Waals surface area contributed by atoms with Crippen LogP contribution >= 0.6 is 0 Å². The summed E-state index contributed by atoms with van der Waals surface area (Å²) in [5, 5.41) is 0. The van der Waals surface area contributed by atoms with Crippen LogP contribution in [0, 0.1) is 0 Å². The third-order valence-electron chi connectivity index (χ3n) is 0.333. The van der Waals surface area contributed by atoms with Gasteiger partial charge in [0, 0.05) is 0 Å². The van der Waals surface area contributed by atoms with Crippen LogP contribution in [0.4, 0.5) is 0 Å². The lowest BCUT2D eigenvalue weighted by molar-refractivity contribution is 1.50. The van der Waals surface area contributed by atoms with Gasteiger partial charge in [0.15, 0.2) is 0 Å². The zero-order valence-electron chi connectivity index (χ0n) is 5.46. The number of rotatable bonds is 1. The van der Waals surface area contributed by atoms with Crippen molar-refractivity contribution < 1.29 is 0 Å². The van der Waals surface area contributed by atoms with Gasteiger partial charge in [-0.25, -0.2) is 0 Å². The molecule has 0 spiro atoms. The van der Waals surface area contributed by atoms with Crippen LogP contribution in [0.5, 0.6) is 0 Å². The summed E-state index contributed by atoms with van der Waals surface area (Å²) in [5.74, 6) is 0. The Morgan fingerprint density at radius 1 is 0.875 bits per heavy atom. The minimum Gasteiger partial charge on any atom is -0.405 e. The van der Waals surface area contributed by atoms with Gasteiger partial charge in [0.2, 0.25) is 0 Å². The molecule has 0 aliphatic heterocycles. The molecule has 2 heteroatoms. The Labute approximate surface area is 50.9 Å². The van der Waals surface area contributed by atoms with Crippen LogP contribution in [0.1, 0.15) is 13.8 Å². The molecule has 0 saturated carbocycles. The minimum absolute atomic E-state index is 1.42. The SMILES string of the molecule is CC.N/C=C\C=C/N. The van der Waals surface area contributed by atoms with E-state index in [4.69, 9.17) is 11.5 Å². The summed E-state index contributed by atoms with van der Waals surface area (Å²) in [6.45, 7) is 4.00. The van der Waals surface area contributed by atoms with E-state index in [-0.39, 0.29) is 0 Å². The second-order valence-corrected chi connectivity index (χ2v) is 0.770. The van der Waals surface area contributed by atoms with E-state index < -0.39 is 0 Å². The fourth-order valence-corrected chi connectivity index (χ4v) is 0.128. The Hall–Kier alpha value is -0.920. The Kier molecular flexibility index (Phi) is 21.0. The lowest BCUT2D eigenvalue weighted by Gasteiger charge is -1.64. The molecule has 0 saturated heterocycles. The molecular weight excluding hydrogens is 100 g/mol. The summed E-state index contributed by atoms with van der Waals surface area (Å²) in [4.78, 5) is 0. The van der Waals surface area contributed by atoms with Crippen molar-refractivity contribution in [3.8, 4) is 0 Å². The predicted molar refractivity (Wildman–Crippen MR) is 38.0 cm³/mol. The third kappa shape index (κ3) is 19.5. The van der Waals surface area contributed by atoms with Crippen molar-refractivity contribution in [3.63, 3.8) is 0 Å². The molecule has 0 rings (SSSR count). The lowest BCUT2D eigenvalue weighted by atomic mass is 10.6. The number of nitrogens with two attached hydrogens (primary N) is 2. The molecule has 48 valence electrons. The monoisotopic (exact) mass is 114 g/mol. The zero-order valence-corrected chi connectivity index (χ0v) is 5.46. The highest BCUT2D eigenvalue weighted by Gasteiger charge is 1.48. The highest BCUT2D eigenvalue weighted by Crippen LogP contribution is 1.62. The molecule has 0 bridgehead atoms. The van der Waals surface area contributed by atoms with Gasteiger partial charge in [-0.3, -0.25) is 0 Å². The topological polar surface area (TPSA) is 52.0 Å². The van der Waals surface area contributed by atoms with Gasteiger partial charge in [0.25, 0.3) is 0 Å². The molecule has 8 heavy (non-hydrogen) atoms. The minimum atomic E-state index is 1.42. The van der Waals surface area contributed by atoms with E-state index in [1.807, 2.05) is 13.8 Å². The van der Waals surface area contributed by atoms with Crippen molar-refractivity contribution in [1.29, 1.82) is 0 Å². The first-order valence-corrected chi connectivity index (χ1v) is 2.67. The molecule has 0 aromatic rings. The Morgan fingerprint density at radius 3 is 1.25 bits per heavy atom. The van der Waals surface area contributed by atoms with Gasteiger partial charge in [-0.1, -0.05) is 13.8 Å². The quantitative estimate of drug-likeness (QED) is 0.499. The van der Waals surface area contributed by atoms with Gasteiger partial charge in [0.1, 0.15) is 0 Å². The molecule has 0 heterocycles. The van der Waals surface area contributed by atoms with Crippen LogP contribution in [0.15, 0.2) is 24.6 Å². The van der Waals surface area contributed by atoms with Crippen LogP contribution in [0.3, 0.4) is 0 Å². The molecule has 0 aromatic carbocycles. The van der Waals surface area contributed by atoms with Crippen LogP contribution in [-0.2, 0) is 0 Å². The number of allylic oxidation sites excluding steroid dienone is 2. The van der Waals surface area contributed by atoms with Gasteiger partial charge in [0.05, 0.1) is 0 Å². The first kappa shape index (κ1) is 10.1.